The number of rotatable bonds is 3. The number of hydrogen-bond donors (Lipinski definition) is 0. The number of benzene rings is 2. The summed E-state index contributed by atoms with van der Waals surface area (Å²) in [6.07, 6.45) is 1.63. The van der Waals surface area contributed by atoms with Crippen LogP contribution in [-0.2, 0) is 11.4 Å². The van der Waals surface area contributed by atoms with Crippen molar-refractivity contribution in [2.45, 2.75) is 11.8 Å². The molecule has 2 nitrogen and oxygen atoms in total. The lowest BCUT2D eigenvalue weighted by molar-refractivity contribution is 0.597. The highest BCUT2D eigenvalue weighted by molar-refractivity contribution is 9.10. The summed E-state index contributed by atoms with van der Waals surface area (Å²) in [5.74, 6) is 0. The Morgan fingerprint density at radius 2 is 1.78 bits per heavy atom. The second kappa shape index (κ2) is 6.18. The summed E-state index contributed by atoms with van der Waals surface area (Å²) in [5.41, 5.74) is 2.06. The minimum absolute atomic E-state index is 0.712. The van der Waals surface area contributed by atoms with Crippen LogP contribution in [0.4, 0.5) is 0 Å². The molecule has 1 atom stereocenters. The third-order valence-corrected chi connectivity index (χ3v) is 4.11. The zero-order valence-electron chi connectivity index (χ0n) is 9.84. The van der Waals surface area contributed by atoms with Crippen LogP contribution in [0.15, 0.2) is 62.3 Å². The van der Waals surface area contributed by atoms with Gasteiger partial charge in [0.25, 0.3) is 0 Å². The summed E-state index contributed by atoms with van der Waals surface area (Å²) >= 11 is 2.07. The van der Waals surface area contributed by atoms with Gasteiger partial charge in [0.05, 0.1) is 6.21 Å². The molecule has 2 rings (SSSR count). The average Bonchev–Trinajstić information content (AvgIpc) is 2.38. The van der Waals surface area contributed by atoms with Gasteiger partial charge in [0, 0.05) is 10.0 Å². The van der Waals surface area contributed by atoms with E-state index < -0.39 is 11.4 Å². The molecule has 0 N–H and O–H groups in total. The molecule has 0 aliphatic carbocycles. The Hall–Kier alpha value is -1.10. The molecule has 18 heavy (non-hydrogen) atoms. The van der Waals surface area contributed by atoms with Gasteiger partial charge in [0.15, 0.2) is 4.90 Å². The normalized spacial score (nSPS) is 12.8. The number of halogens is 1. The van der Waals surface area contributed by atoms with Gasteiger partial charge in [-0.3, -0.25) is 0 Å². The van der Waals surface area contributed by atoms with Gasteiger partial charge in [-0.2, -0.15) is 0 Å². The minimum Gasteiger partial charge on any atom is -0.586 e. The van der Waals surface area contributed by atoms with Crippen molar-refractivity contribution in [2.75, 3.05) is 0 Å². The number of hydrogen-bond acceptors (Lipinski definition) is 2. The molecule has 2 aromatic rings. The maximum absolute atomic E-state index is 11.9. The largest absolute Gasteiger partial charge is 0.586 e. The first-order valence-corrected chi connectivity index (χ1v) is 7.34. The minimum atomic E-state index is -1.35. The van der Waals surface area contributed by atoms with Crippen LogP contribution < -0.4 is 0 Å². The van der Waals surface area contributed by atoms with E-state index >= 15 is 0 Å². The average molecular weight is 322 g/mol. The number of aryl methyl sites for hydroxylation is 1. The molecule has 0 fully saturated rings. The van der Waals surface area contributed by atoms with Gasteiger partial charge in [0.1, 0.15) is 11.4 Å². The van der Waals surface area contributed by atoms with Crippen LogP contribution in [0.5, 0.6) is 0 Å². The molecule has 0 saturated carbocycles. The summed E-state index contributed by atoms with van der Waals surface area (Å²) in [7, 11) is 0. The lowest BCUT2D eigenvalue weighted by atomic mass is 10.2. The zero-order valence-corrected chi connectivity index (χ0v) is 12.2. The van der Waals surface area contributed by atoms with Crippen molar-refractivity contribution in [1.82, 2.24) is 0 Å². The van der Waals surface area contributed by atoms with Crippen LogP contribution in [0.3, 0.4) is 0 Å². The predicted octanol–water partition coefficient (Wildman–Crippen LogP) is 3.90. The second-order valence-corrected chi connectivity index (χ2v) is 5.85. The lowest BCUT2D eigenvalue weighted by Gasteiger charge is -2.03. The first-order chi connectivity index (χ1) is 8.66. The fourth-order valence-corrected chi connectivity index (χ4v) is 2.49. The highest BCUT2D eigenvalue weighted by Gasteiger charge is 2.08. The van der Waals surface area contributed by atoms with Gasteiger partial charge in [-0.15, -0.1) is 0 Å². The molecule has 92 valence electrons. The van der Waals surface area contributed by atoms with Crippen molar-refractivity contribution >= 4 is 33.5 Å². The molecule has 1 unspecified atom stereocenters. The fourth-order valence-electron chi connectivity index (χ4n) is 1.40. The summed E-state index contributed by atoms with van der Waals surface area (Å²) in [5, 5.41) is 0. The Kier molecular flexibility index (Phi) is 4.58. The lowest BCUT2D eigenvalue weighted by Crippen LogP contribution is -1.98. The molecule has 0 heterocycles. The van der Waals surface area contributed by atoms with Crippen molar-refractivity contribution in [3.8, 4) is 0 Å². The van der Waals surface area contributed by atoms with E-state index in [-0.39, 0.29) is 0 Å². The molecule has 0 spiro atoms. The first-order valence-electron chi connectivity index (χ1n) is 5.44. The standard InChI is InChI=1S/C14H12BrNOS/c1-11-6-8-13(9-7-11)18(17)16-10-12-4-2-3-5-14(12)15/h2-10H,1H3. The summed E-state index contributed by atoms with van der Waals surface area (Å²) in [6, 6.07) is 15.2. The van der Waals surface area contributed by atoms with Gasteiger partial charge in [0.2, 0.25) is 0 Å². The zero-order chi connectivity index (χ0) is 13.0. The highest BCUT2D eigenvalue weighted by atomic mass is 79.9. The van der Waals surface area contributed by atoms with Crippen molar-refractivity contribution in [2.24, 2.45) is 4.40 Å². The molecular weight excluding hydrogens is 310 g/mol. The Morgan fingerprint density at radius 1 is 1.11 bits per heavy atom. The van der Waals surface area contributed by atoms with E-state index in [0.29, 0.717) is 4.90 Å². The Bertz CT molecular complexity index is 554. The molecule has 2 aromatic carbocycles. The molecule has 0 aromatic heterocycles. The van der Waals surface area contributed by atoms with Gasteiger partial charge < -0.3 is 4.55 Å². The molecule has 0 aliphatic heterocycles. The van der Waals surface area contributed by atoms with Gasteiger partial charge in [-0.05, 0) is 25.1 Å². The van der Waals surface area contributed by atoms with Crippen LogP contribution in [-0.4, -0.2) is 10.8 Å². The molecule has 0 bridgehead atoms. The first kappa shape index (κ1) is 13.3. The summed E-state index contributed by atoms with van der Waals surface area (Å²) in [6.45, 7) is 2.00. The second-order valence-electron chi connectivity index (χ2n) is 3.82. The van der Waals surface area contributed by atoms with Crippen molar-refractivity contribution in [1.29, 1.82) is 0 Å². The van der Waals surface area contributed by atoms with Crippen molar-refractivity contribution in [3.05, 3.63) is 64.1 Å². The smallest absolute Gasteiger partial charge is 0.182 e. The molecule has 0 radical (unpaired) electrons. The van der Waals surface area contributed by atoms with Crippen LogP contribution in [0.1, 0.15) is 11.1 Å². The van der Waals surface area contributed by atoms with E-state index in [0.717, 1.165) is 15.6 Å². The van der Waals surface area contributed by atoms with E-state index in [2.05, 4.69) is 20.3 Å². The van der Waals surface area contributed by atoms with E-state index in [4.69, 9.17) is 0 Å². The monoisotopic (exact) mass is 321 g/mol. The van der Waals surface area contributed by atoms with Gasteiger partial charge in [-0.25, -0.2) is 0 Å². The van der Waals surface area contributed by atoms with E-state index in [9.17, 15) is 4.55 Å². The van der Waals surface area contributed by atoms with Crippen LogP contribution in [0, 0.1) is 6.92 Å². The van der Waals surface area contributed by atoms with Crippen molar-refractivity contribution < 1.29 is 4.55 Å². The summed E-state index contributed by atoms with van der Waals surface area (Å²) < 4.78 is 17.0. The molecule has 0 saturated heterocycles. The van der Waals surface area contributed by atoms with Crippen LogP contribution in [0.2, 0.25) is 0 Å². The molecule has 4 heteroatoms. The maximum atomic E-state index is 11.9. The highest BCUT2D eigenvalue weighted by Crippen LogP contribution is 2.16. The molecular formula is C14H12BrNOS. The van der Waals surface area contributed by atoms with E-state index in [1.807, 2.05) is 55.5 Å². The quantitative estimate of drug-likeness (QED) is 0.623. The third kappa shape index (κ3) is 3.45. The number of nitrogens with zero attached hydrogens (tertiary/aromatic N) is 1. The van der Waals surface area contributed by atoms with E-state index in [1.54, 1.807) is 6.21 Å². The van der Waals surface area contributed by atoms with Crippen LogP contribution >= 0.6 is 15.9 Å². The van der Waals surface area contributed by atoms with Crippen molar-refractivity contribution in [3.63, 3.8) is 0 Å². The summed E-state index contributed by atoms with van der Waals surface area (Å²) in [4.78, 5) is 0.712. The fraction of sp³-hybridized carbons (Fsp3) is 0.0714. The molecule has 0 aliphatic rings. The van der Waals surface area contributed by atoms with Gasteiger partial charge in [-0.1, -0.05) is 56.2 Å². The van der Waals surface area contributed by atoms with Gasteiger partial charge >= 0.3 is 0 Å². The van der Waals surface area contributed by atoms with E-state index in [1.165, 1.54) is 0 Å². The molecule has 0 amide bonds. The Morgan fingerprint density at radius 3 is 2.44 bits per heavy atom. The Balaban J connectivity index is 2.14. The Labute approximate surface area is 118 Å². The third-order valence-electron chi connectivity index (χ3n) is 2.42. The topological polar surface area (TPSA) is 35.4 Å². The van der Waals surface area contributed by atoms with Crippen LogP contribution in [0.25, 0.3) is 0 Å². The maximum Gasteiger partial charge on any atom is 0.182 e. The predicted molar refractivity (Wildman–Crippen MR) is 79.3 cm³/mol. The SMILES string of the molecule is Cc1ccc([S+]([O-])N=Cc2ccccc2Br)cc1.